The molecule has 0 radical (unpaired) electrons. The molecule has 1 N–H and O–H groups in total. The van der Waals surface area contributed by atoms with Crippen LogP contribution in [0.1, 0.15) is 18.5 Å². The summed E-state index contributed by atoms with van der Waals surface area (Å²) in [5, 5.41) is 14.3. The number of ether oxygens (including phenoxy) is 1. The van der Waals surface area contributed by atoms with E-state index in [1.807, 2.05) is 6.92 Å². The Balaban J connectivity index is 1.83. The lowest BCUT2D eigenvalue weighted by atomic mass is 10.1. The molecule has 0 saturated carbocycles. The summed E-state index contributed by atoms with van der Waals surface area (Å²) in [5.41, 5.74) is 0.689. The van der Waals surface area contributed by atoms with Gasteiger partial charge >= 0.3 is 6.03 Å². The van der Waals surface area contributed by atoms with E-state index in [9.17, 15) is 14.9 Å². The number of hydrogen-bond acceptors (Lipinski definition) is 4. The van der Waals surface area contributed by atoms with Crippen LogP contribution in [-0.2, 0) is 0 Å². The molecule has 0 heterocycles. The standard InChI is InChI=1S/C18H20ClN3O4/c1-13(14-4-3-5-16(12-14)22(24)25)21(2)18(23)20-10-11-26-17-8-6-15(19)7-9-17/h3-9,12-13H,10-11H2,1-2H3,(H,20,23)/t13-/m1/s1. The molecule has 2 aromatic carbocycles. The summed E-state index contributed by atoms with van der Waals surface area (Å²) >= 11 is 5.80. The number of benzene rings is 2. The van der Waals surface area contributed by atoms with Gasteiger partial charge in [0.15, 0.2) is 0 Å². The number of non-ortho nitro benzene ring substituents is 1. The maximum absolute atomic E-state index is 12.2. The lowest BCUT2D eigenvalue weighted by Crippen LogP contribution is -2.40. The molecule has 2 aromatic rings. The number of nitrogens with one attached hydrogen (secondary N) is 1. The number of carbonyl (C=O) groups is 1. The first-order chi connectivity index (χ1) is 12.4. The van der Waals surface area contributed by atoms with E-state index >= 15 is 0 Å². The van der Waals surface area contributed by atoms with E-state index in [-0.39, 0.29) is 17.8 Å². The Morgan fingerprint density at radius 2 is 2.00 bits per heavy atom. The topological polar surface area (TPSA) is 84.7 Å². The third kappa shape index (κ3) is 5.35. The third-order valence-corrected chi connectivity index (χ3v) is 4.18. The fourth-order valence-electron chi connectivity index (χ4n) is 2.28. The summed E-state index contributed by atoms with van der Waals surface area (Å²) in [6.07, 6.45) is 0. The molecule has 8 heteroatoms. The monoisotopic (exact) mass is 377 g/mol. The molecule has 0 spiro atoms. The van der Waals surface area contributed by atoms with Gasteiger partial charge in [-0.1, -0.05) is 23.7 Å². The first-order valence-electron chi connectivity index (χ1n) is 8.02. The van der Waals surface area contributed by atoms with Gasteiger partial charge in [0, 0.05) is 24.2 Å². The first kappa shape index (κ1) is 19.5. The van der Waals surface area contributed by atoms with Crippen LogP contribution in [0, 0.1) is 10.1 Å². The number of rotatable bonds is 7. The molecule has 2 rings (SSSR count). The van der Waals surface area contributed by atoms with Crippen molar-refractivity contribution >= 4 is 23.3 Å². The Morgan fingerprint density at radius 1 is 1.31 bits per heavy atom. The summed E-state index contributed by atoms with van der Waals surface area (Å²) in [7, 11) is 1.64. The summed E-state index contributed by atoms with van der Waals surface area (Å²) in [6.45, 7) is 2.45. The Kier molecular flexibility index (Phi) is 6.80. The molecule has 0 unspecified atom stereocenters. The van der Waals surface area contributed by atoms with Crippen LogP contribution in [0.15, 0.2) is 48.5 Å². The predicted molar refractivity (Wildman–Crippen MR) is 99.6 cm³/mol. The number of halogens is 1. The highest BCUT2D eigenvalue weighted by atomic mass is 35.5. The zero-order chi connectivity index (χ0) is 19.1. The second-order valence-corrected chi connectivity index (χ2v) is 6.11. The van der Waals surface area contributed by atoms with E-state index < -0.39 is 4.92 Å². The van der Waals surface area contributed by atoms with Gasteiger partial charge in [-0.15, -0.1) is 0 Å². The van der Waals surface area contributed by atoms with E-state index in [1.54, 1.807) is 43.4 Å². The van der Waals surface area contributed by atoms with Gasteiger partial charge in [-0.3, -0.25) is 10.1 Å². The van der Waals surface area contributed by atoms with Crippen LogP contribution >= 0.6 is 11.6 Å². The number of urea groups is 1. The minimum Gasteiger partial charge on any atom is -0.492 e. The number of nitro benzene ring substituents is 1. The number of amides is 2. The number of carbonyl (C=O) groups excluding carboxylic acids is 1. The lowest BCUT2D eigenvalue weighted by Gasteiger charge is -2.25. The summed E-state index contributed by atoms with van der Waals surface area (Å²) in [6, 6.07) is 12.6. The van der Waals surface area contributed by atoms with Crippen molar-refractivity contribution in [2.24, 2.45) is 0 Å². The Labute approximate surface area is 156 Å². The minimum absolute atomic E-state index is 0.000442. The zero-order valence-electron chi connectivity index (χ0n) is 14.5. The molecule has 0 aliphatic rings. The average molecular weight is 378 g/mol. The molecule has 7 nitrogen and oxygen atoms in total. The lowest BCUT2D eigenvalue weighted by molar-refractivity contribution is -0.384. The fraction of sp³-hybridized carbons (Fsp3) is 0.278. The van der Waals surface area contributed by atoms with Crippen LogP contribution < -0.4 is 10.1 Å². The van der Waals surface area contributed by atoms with Gasteiger partial charge in [0.05, 0.1) is 17.5 Å². The fourth-order valence-corrected chi connectivity index (χ4v) is 2.41. The van der Waals surface area contributed by atoms with Crippen LogP contribution in [-0.4, -0.2) is 36.1 Å². The van der Waals surface area contributed by atoms with Gasteiger partial charge in [-0.05, 0) is 36.8 Å². The second kappa shape index (κ2) is 9.05. The average Bonchev–Trinajstić information content (AvgIpc) is 2.65. The van der Waals surface area contributed by atoms with Crippen molar-refractivity contribution in [1.82, 2.24) is 10.2 Å². The van der Waals surface area contributed by atoms with Gasteiger partial charge in [0.2, 0.25) is 0 Å². The number of nitro groups is 1. The highest BCUT2D eigenvalue weighted by molar-refractivity contribution is 6.30. The Hall–Kier alpha value is -2.80. The van der Waals surface area contributed by atoms with E-state index in [4.69, 9.17) is 16.3 Å². The van der Waals surface area contributed by atoms with Crippen molar-refractivity contribution in [3.8, 4) is 5.75 Å². The molecule has 1 atom stereocenters. The van der Waals surface area contributed by atoms with Crippen LogP contribution in [0.3, 0.4) is 0 Å². The molecule has 0 aromatic heterocycles. The largest absolute Gasteiger partial charge is 0.492 e. The van der Waals surface area contributed by atoms with Crippen LogP contribution in [0.5, 0.6) is 5.75 Å². The maximum atomic E-state index is 12.2. The molecule has 0 fully saturated rings. The highest BCUT2D eigenvalue weighted by Gasteiger charge is 2.19. The third-order valence-electron chi connectivity index (χ3n) is 3.93. The molecular weight excluding hydrogens is 358 g/mol. The summed E-state index contributed by atoms with van der Waals surface area (Å²) in [5.74, 6) is 0.668. The van der Waals surface area contributed by atoms with E-state index in [1.165, 1.54) is 17.0 Å². The van der Waals surface area contributed by atoms with Crippen molar-refractivity contribution in [2.45, 2.75) is 13.0 Å². The van der Waals surface area contributed by atoms with Crippen molar-refractivity contribution in [1.29, 1.82) is 0 Å². The molecule has 0 aliphatic heterocycles. The van der Waals surface area contributed by atoms with Crippen molar-refractivity contribution in [3.05, 3.63) is 69.2 Å². The van der Waals surface area contributed by atoms with E-state index in [0.717, 1.165) is 0 Å². The van der Waals surface area contributed by atoms with Crippen LogP contribution in [0.2, 0.25) is 5.02 Å². The van der Waals surface area contributed by atoms with Gasteiger partial charge in [0.25, 0.3) is 5.69 Å². The Bertz CT molecular complexity index is 767. The molecular formula is C18H20ClN3O4. The van der Waals surface area contributed by atoms with Gasteiger partial charge < -0.3 is 15.0 Å². The van der Waals surface area contributed by atoms with Crippen LogP contribution in [0.25, 0.3) is 0 Å². The molecule has 0 saturated heterocycles. The second-order valence-electron chi connectivity index (χ2n) is 5.67. The van der Waals surface area contributed by atoms with Crippen molar-refractivity contribution in [2.75, 3.05) is 20.2 Å². The molecule has 0 aliphatic carbocycles. The van der Waals surface area contributed by atoms with E-state index in [2.05, 4.69) is 5.32 Å². The van der Waals surface area contributed by atoms with Crippen molar-refractivity contribution < 1.29 is 14.5 Å². The van der Waals surface area contributed by atoms with Crippen molar-refractivity contribution in [3.63, 3.8) is 0 Å². The SMILES string of the molecule is C[C@H](c1cccc([N+](=O)[O-])c1)N(C)C(=O)NCCOc1ccc(Cl)cc1. The number of nitrogens with zero attached hydrogens (tertiary/aromatic N) is 2. The molecule has 26 heavy (non-hydrogen) atoms. The van der Waals surface area contributed by atoms with Gasteiger partial charge in [-0.2, -0.15) is 0 Å². The van der Waals surface area contributed by atoms with E-state index in [0.29, 0.717) is 29.5 Å². The molecule has 0 bridgehead atoms. The van der Waals surface area contributed by atoms with Gasteiger partial charge in [0.1, 0.15) is 12.4 Å². The van der Waals surface area contributed by atoms with Gasteiger partial charge in [-0.25, -0.2) is 4.79 Å². The predicted octanol–water partition coefficient (Wildman–Crippen LogP) is 4.03. The smallest absolute Gasteiger partial charge is 0.317 e. The number of hydrogen-bond donors (Lipinski definition) is 1. The Morgan fingerprint density at radius 3 is 2.65 bits per heavy atom. The first-order valence-corrected chi connectivity index (χ1v) is 8.39. The zero-order valence-corrected chi connectivity index (χ0v) is 15.3. The normalized spacial score (nSPS) is 11.5. The summed E-state index contributed by atoms with van der Waals surface area (Å²) < 4.78 is 5.51. The summed E-state index contributed by atoms with van der Waals surface area (Å²) in [4.78, 5) is 24.2. The van der Waals surface area contributed by atoms with Crippen LogP contribution in [0.4, 0.5) is 10.5 Å². The maximum Gasteiger partial charge on any atom is 0.317 e. The molecule has 2 amide bonds. The highest BCUT2D eigenvalue weighted by Crippen LogP contribution is 2.23. The molecule has 138 valence electrons. The quantitative estimate of drug-likeness (QED) is 0.448. The minimum atomic E-state index is -0.454.